The Kier molecular flexibility index (Phi) is 9.33. The summed E-state index contributed by atoms with van der Waals surface area (Å²) in [6.45, 7) is 2.98. The molecular weight excluding hydrogens is 277 g/mol. The van der Waals surface area contributed by atoms with E-state index in [1.807, 2.05) is 0 Å². The zero-order chi connectivity index (χ0) is 15.3. The van der Waals surface area contributed by atoms with Crippen LogP contribution in [0.1, 0.15) is 11.1 Å². The smallest absolute Gasteiger partial charge is 0.146 e. The van der Waals surface area contributed by atoms with E-state index in [9.17, 15) is 4.39 Å². The molecule has 0 aromatic heterocycles. The van der Waals surface area contributed by atoms with Gasteiger partial charge in [0, 0.05) is 12.7 Å². The average molecular weight is 297 g/mol. The highest BCUT2D eigenvalue weighted by atomic mass is 19.1. The molecular formula is C15H20FNO4. The van der Waals surface area contributed by atoms with E-state index in [0.29, 0.717) is 45.2 Å². The molecule has 1 aromatic carbocycles. The Morgan fingerprint density at radius 1 is 1.00 bits per heavy atom. The van der Waals surface area contributed by atoms with Crippen molar-refractivity contribution in [1.29, 1.82) is 5.26 Å². The van der Waals surface area contributed by atoms with Crippen molar-refractivity contribution in [2.45, 2.75) is 6.61 Å². The third kappa shape index (κ3) is 7.16. The molecule has 0 N–H and O–H groups in total. The van der Waals surface area contributed by atoms with Gasteiger partial charge in [0.2, 0.25) is 0 Å². The molecule has 0 fully saturated rings. The van der Waals surface area contributed by atoms with Crippen LogP contribution < -0.4 is 0 Å². The van der Waals surface area contributed by atoms with Crippen LogP contribution in [0.4, 0.5) is 4.39 Å². The van der Waals surface area contributed by atoms with Crippen LogP contribution in [0.2, 0.25) is 0 Å². The van der Waals surface area contributed by atoms with E-state index in [1.54, 1.807) is 25.3 Å². The van der Waals surface area contributed by atoms with Crippen molar-refractivity contribution < 1.29 is 23.3 Å². The van der Waals surface area contributed by atoms with Gasteiger partial charge in [0.25, 0.3) is 0 Å². The number of halogens is 1. The molecule has 1 aromatic rings. The van der Waals surface area contributed by atoms with Gasteiger partial charge in [-0.25, -0.2) is 4.39 Å². The second-order valence-corrected chi connectivity index (χ2v) is 4.16. The fourth-order valence-corrected chi connectivity index (χ4v) is 1.54. The summed E-state index contributed by atoms with van der Waals surface area (Å²) in [6, 6.07) is 6.46. The lowest BCUT2D eigenvalue weighted by Crippen LogP contribution is -2.11. The second-order valence-electron chi connectivity index (χ2n) is 4.16. The number of nitrogens with zero attached hydrogens (tertiary/aromatic N) is 1. The number of rotatable bonds is 11. The molecule has 0 aliphatic carbocycles. The maximum absolute atomic E-state index is 13.7. The highest BCUT2D eigenvalue weighted by molar-refractivity contribution is 5.34. The van der Waals surface area contributed by atoms with E-state index in [1.165, 1.54) is 6.07 Å². The van der Waals surface area contributed by atoms with Crippen LogP contribution in [0.25, 0.3) is 0 Å². The van der Waals surface area contributed by atoms with Gasteiger partial charge in [0.05, 0.1) is 51.8 Å². The van der Waals surface area contributed by atoms with E-state index in [-0.39, 0.29) is 12.2 Å². The maximum atomic E-state index is 13.7. The molecule has 0 heterocycles. The quantitative estimate of drug-likeness (QED) is 0.584. The van der Waals surface area contributed by atoms with Gasteiger partial charge >= 0.3 is 0 Å². The van der Waals surface area contributed by atoms with Crippen LogP contribution >= 0.6 is 0 Å². The van der Waals surface area contributed by atoms with Gasteiger partial charge in [-0.3, -0.25) is 0 Å². The summed E-state index contributed by atoms with van der Waals surface area (Å²) < 4.78 is 34.3. The summed E-state index contributed by atoms with van der Waals surface area (Å²) in [5.41, 5.74) is 0.400. The summed E-state index contributed by atoms with van der Waals surface area (Å²) >= 11 is 0. The molecule has 0 saturated heterocycles. The summed E-state index contributed by atoms with van der Waals surface area (Å²) in [5.74, 6) is -0.521. The van der Waals surface area contributed by atoms with E-state index < -0.39 is 5.82 Å². The van der Waals surface area contributed by atoms with Crippen LogP contribution in [-0.4, -0.2) is 46.8 Å². The van der Waals surface area contributed by atoms with Crippen LogP contribution in [0.5, 0.6) is 0 Å². The van der Waals surface area contributed by atoms with Crippen LogP contribution in [-0.2, 0) is 25.6 Å². The first-order chi connectivity index (χ1) is 10.3. The second kappa shape index (κ2) is 11.2. The molecule has 5 nitrogen and oxygen atoms in total. The van der Waals surface area contributed by atoms with Gasteiger partial charge in [-0.05, 0) is 6.07 Å². The van der Waals surface area contributed by atoms with E-state index in [4.69, 9.17) is 24.2 Å². The maximum Gasteiger partial charge on any atom is 0.146 e. The van der Waals surface area contributed by atoms with E-state index in [0.717, 1.165) is 0 Å². The fourth-order valence-electron chi connectivity index (χ4n) is 1.54. The molecule has 0 aliphatic rings. The van der Waals surface area contributed by atoms with Gasteiger partial charge in [-0.15, -0.1) is 0 Å². The summed E-state index contributed by atoms with van der Waals surface area (Å²) in [5, 5.41) is 8.72. The first-order valence-electron chi connectivity index (χ1n) is 6.69. The highest BCUT2D eigenvalue weighted by Crippen LogP contribution is 2.12. The zero-order valence-corrected chi connectivity index (χ0v) is 12.1. The van der Waals surface area contributed by atoms with Crippen LogP contribution in [0, 0.1) is 17.1 Å². The number of methoxy groups -OCH3 is 1. The lowest BCUT2D eigenvalue weighted by Gasteiger charge is -2.07. The van der Waals surface area contributed by atoms with Crippen LogP contribution in [0.15, 0.2) is 18.2 Å². The standard InChI is InChI=1S/C15H20FNO4/c1-18-5-6-19-7-8-20-9-10-21-12-14-4-2-3-13(11-17)15(14)16/h2-4H,5-10,12H2,1H3. The number of hydrogen-bond acceptors (Lipinski definition) is 5. The van der Waals surface area contributed by atoms with Gasteiger partial charge < -0.3 is 18.9 Å². The highest BCUT2D eigenvalue weighted by Gasteiger charge is 2.07. The Bertz CT molecular complexity index is 448. The Balaban J connectivity index is 2.06. The van der Waals surface area contributed by atoms with Crippen LogP contribution in [0.3, 0.4) is 0 Å². The molecule has 0 unspecified atom stereocenters. The minimum Gasteiger partial charge on any atom is -0.382 e. The van der Waals surface area contributed by atoms with Gasteiger partial charge in [-0.1, -0.05) is 12.1 Å². The Morgan fingerprint density at radius 2 is 1.62 bits per heavy atom. The monoisotopic (exact) mass is 297 g/mol. The topological polar surface area (TPSA) is 60.7 Å². The summed E-state index contributed by atoms with van der Waals surface area (Å²) in [7, 11) is 1.62. The van der Waals surface area contributed by atoms with Crippen molar-refractivity contribution in [3.05, 3.63) is 35.1 Å². The van der Waals surface area contributed by atoms with Crippen molar-refractivity contribution in [1.82, 2.24) is 0 Å². The van der Waals surface area contributed by atoms with Crippen molar-refractivity contribution in [3.8, 4) is 6.07 Å². The minimum absolute atomic E-state index is 0.0283. The SMILES string of the molecule is COCCOCCOCCOCc1cccc(C#N)c1F. The van der Waals surface area contributed by atoms with E-state index >= 15 is 0 Å². The first-order valence-corrected chi connectivity index (χ1v) is 6.69. The normalized spacial score (nSPS) is 10.5. The number of hydrogen-bond donors (Lipinski definition) is 0. The van der Waals surface area contributed by atoms with Crippen molar-refractivity contribution in [2.24, 2.45) is 0 Å². The van der Waals surface area contributed by atoms with Crippen molar-refractivity contribution >= 4 is 0 Å². The van der Waals surface area contributed by atoms with E-state index in [2.05, 4.69) is 0 Å². The molecule has 0 radical (unpaired) electrons. The lowest BCUT2D eigenvalue weighted by atomic mass is 10.1. The Morgan fingerprint density at radius 3 is 2.24 bits per heavy atom. The molecule has 0 saturated carbocycles. The molecule has 0 spiro atoms. The molecule has 21 heavy (non-hydrogen) atoms. The third-order valence-electron chi connectivity index (χ3n) is 2.63. The summed E-state index contributed by atoms with van der Waals surface area (Å²) in [4.78, 5) is 0. The molecule has 116 valence electrons. The van der Waals surface area contributed by atoms with Crippen molar-refractivity contribution in [3.63, 3.8) is 0 Å². The zero-order valence-electron chi connectivity index (χ0n) is 12.1. The van der Waals surface area contributed by atoms with Gasteiger partial charge in [0.1, 0.15) is 11.9 Å². The predicted octanol–water partition coefficient (Wildman–Crippen LogP) is 1.89. The number of ether oxygens (including phenoxy) is 4. The molecule has 0 aliphatic heterocycles. The number of benzene rings is 1. The molecule has 0 bridgehead atoms. The predicted molar refractivity (Wildman–Crippen MR) is 74.3 cm³/mol. The Labute approximate surface area is 124 Å². The molecule has 6 heteroatoms. The third-order valence-corrected chi connectivity index (χ3v) is 2.63. The molecule has 1 rings (SSSR count). The summed E-state index contributed by atoms with van der Waals surface area (Å²) in [6.07, 6.45) is 0. The Hall–Kier alpha value is -1.52. The molecule has 0 atom stereocenters. The first kappa shape index (κ1) is 17.5. The van der Waals surface area contributed by atoms with Crippen molar-refractivity contribution in [2.75, 3.05) is 46.8 Å². The average Bonchev–Trinajstić information content (AvgIpc) is 2.50. The van der Waals surface area contributed by atoms with Gasteiger partial charge in [0.15, 0.2) is 0 Å². The molecule has 0 amide bonds. The number of nitriles is 1. The fraction of sp³-hybridized carbons (Fsp3) is 0.533. The largest absolute Gasteiger partial charge is 0.382 e. The minimum atomic E-state index is -0.521. The van der Waals surface area contributed by atoms with Gasteiger partial charge in [-0.2, -0.15) is 5.26 Å². The lowest BCUT2D eigenvalue weighted by molar-refractivity contribution is 0.000547.